The predicted molar refractivity (Wildman–Crippen MR) is 44.2 cm³/mol. The molecule has 0 radical (unpaired) electrons. The second-order valence-corrected chi connectivity index (χ2v) is 2.14. The highest BCUT2D eigenvalue weighted by atomic mass is 16.6. The minimum atomic E-state index is 0. The fraction of sp³-hybridized carbons (Fsp3) is 0.333. The van der Waals surface area contributed by atoms with Gasteiger partial charge in [0.2, 0.25) is 0 Å². The summed E-state index contributed by atoms with van der Waals surface area (Å²) in [6.45, 7) is 1.33. The summed E-state index contributed by atoms with van der Waals surface area (Å²) >= 11 is 0. The summed E-state index contributed by atoms with van der Waals surface area (Å²) < 4.78 is 10.6. The van der Waals surface area contributed by atoms with Gasteiger partial charge in [-0.25, -0.2) is 0 Å². The molecule has 0 aliphatic carbocycles. The molecule has 1 aromatic carbocycles. The van der Waals surface area contributed by atoms with Gasteiger partial charge >= 0.3 is 0 Å². The zero-order valence-electron chi connectivity index (χ0n) is 5.54. The summed E-state index contributed by atoms with van der Waals surface area (Å²) in [5.74, 6) is 1.71. The number of rotatable bonds is 0. The van der Waals surface area contributed by atoms with Gasteiger partial charge in [0.1, 0.15) is 13.2 Å². The van der Waals surface area contributed by atoms with Gasteiger partial charge in [0.05, 0.1) is 0 Å². The molecule has 2 nitrogen and oxygen atoms in total. The van der Waals surface area contributed by atoms with E-state index in [4.69, 9.17) is 9.47 Å². The van der Waals surface area contributed by atoms with Gasteiger partial charge in [-0.1, -0.05) is 19.6 Å². The third-order valence-electron chi connectivity index (χ3n) is 1.45. The van der Waals surface area contributed by atoms with Crippen LogP contribution in [0, 0.1) is 0 Å². The first-order valence-electron chi connectivity index (χ1n) is 3.31. The minimum absolute atomic E-state index is 0. The second-order valence-electron chi connectivity index (χ2n) is 2.14. The van der Waals surface area contributed by atoms with Gasteiger partial charge < -0.3 is 9.47 Å². The molecule has 0 spiro atoms. The van der Waals surface area contributed by atoms with Crippen molar-refractivity contribution < 1.29 is 9.47 Å². The molecule has 0 fully saturated rings. The fourth-order valence-corrected chi connectivity index (χ4v) is 0.992. The first-order chi connectivity index (χ1) is 4.97. The molecule has 11 heavy (non-hydrogen) atoms. The van der Waals surface area contributed by atoms with Crippen LogP contribution >= 0.6 is 0 Å². The van der Waals surface area contributed by atoms with Crippen molar-refractivity contribution in [3.05, 3.63) is 24.3 Å². The van der Waals surface area contributed by atoms with Crippen LogP contribution in [0.1, 0.15) is 7.43 Å². The summed E-state index contributed by atoms with van der Waals surface area (Å²) in [5.41, 5.74) is 0. The van der Waals surface area contributed by atoms with Gasteiger partial charge in [0, 0.05) is 0 Å². The van der Waals surface area contributed by atoms with E-state index in [1.807, 2.05) is 24.3 Å². The van der Waals surface area contributed by atoms with Gasteiger partial charge in [-0.3, -0.25) is 0 Å². The molecule has 2 heteroatoms. The van der Waals surface area contributed by atoms with Gasteiger partial charge in [-0.05, 0) is 12.1 Å². The molecule has 0 aromatic heterocycles. The minimum Gasteiger partial charge on any atom is -0.486 e. The standard InChI is InChI=1S/C8H8O2.CH4/c1-2-4-8-7(3-1)9-5-6-10-8;/h1-4H,5-6H2;1H4. The number of benzene rings is 1. The van der Waals surface area contributed by atoms with Crippen LogP contribution in [0.3, 0.4) is 0 Å². The summed E-state index contributed by atoms with van der Waals surface area (Å²) in [7, 11) is 0. The topological polar surface area (TPSA) is 18.5 Å². The van der Waals surface area contributed by atoms with E-state index < -0.39 is 0 Å². The van der Waals surface area contributed by atoms with E-state index in [1.165, 1.54) is 0 Å². The Morgan fingerprint density at radius 3 is 1.82 bits per heavy atom. The van der Waals surface area contributed by atoms with Crippen LogP contribution in [0.5, 0.6) is 11.5 Å². The largest absolute Gasteiger partial charge is 0.486 e. The first-order valence-corrected chi connectivity index (χ1v) is 3.31. The van der Waals surface area contributed by atoms with E-state index >= 15 is 0 Å². The fourth-order valence-electron chi connectivity index (χ4n) is 0.992. The molecular formula is C9H12O2. The van der Waals surface area contributed by atoms with Crippen LogP contribution in [0.15, 0.2) is 24.3 Å². The van der Waals surface area contributed by atoms with Crippen LogP contribution in [-0.2, 0) is 0 Å². The average Bonchev–Trinajstić information content (AvgIpc) is 2.05. The third kappa shape index (κ3) is 1.45. The smallest absolute Gasteiger partial charge is 0.161 e. The predicted octanol–water partition coefficient (Wildman–Crippen LogP) is 2.09. The number of fused-ring (bicyclic) bond motifs is 1. The summed E-state index contributed by atoms with van der Waals surface area (Å²) in [5, 5.41) is 0. The maximum atomic E-state index is 5.30. The highest BCUT2D eigenvalue weighted by Crippen LogP contribution is 2.28. The molecule has 1 aliphatic rings. The number of ether oxygens (including phenoxy) is 2. The van der Waals surface area contributed by atoms with Crippen molar-refractivity contribution in [1.29, 1.82) is 0 Å². The molecule has 0 saturated carbocycles. The van der Waals surface area contributed by atoms with Crippen molar-refractivity contribution in [2.75, 3.05) is 13.2 Å². The molecule has 2 rings (SSSR count). The van der Waals surface area contributed by atoms with Crippen molar-refractivity contribution >= 4 is 0 Å². The lowest BCUT2D eigenvalue weighted by Gasteiger charge is -2.17. The van der Waals surface area contributed by atoms with Crippen molar-refractivity contribution in [3.8, 4) is 11.5 Å². The van der Waals surface area contributed by atoms with Crippen LogP contribution in [0.2, 0.25) is 0 Å². The Hall–Kier alpha value is -1.18. The molecule has 1 aliphatic heterocycles. The Labute approximate surface area is 66.8 Å². The maximum absolute atomic E-state index is 5.30. The Balaban J connectivity index is 0.000000605. The highest BCUT2D eigenvalue weighted by Gasteiger charge is 2.07. The van der Waals surface area contributed by atoms with E-state index in [0.29, 0.717) is 13.2 Å². The van der Waals surface area contributed by atoms with E-state index in [2.05, 4.69) is 0 Å². The zero-order valence-corrected chi connectivity index (χ0v) is 5.54. The molecular weight excluding hydrogens is 140 g/mol. The molecule has 0 amide bonds. The lowest BCUT2D eigenvalue weighted by molar-refractivity contribution is 0.171. The van der Waals surface area contributed by atoms with Crippen molar-refractivity contribution in [3.63, 3.8) is 0 Å². The Morgan fingerprint density at radius 1 is 0.909 bits per heavy atom. The Kier molecular flexibility index (Phi) is 2.36. The molecule has 0 unspecified atom stereocenters. The monoisotopic (exact) mass is 152 g/mol. The third-order valence-corrected chi connectivity index (χ3v) is 1.45. The van der Waals surface area contributed by atoms with Crippen LogP contribution in [-0.4, -0.2) is 13.2 Å². The average molecular weight is 152 g/mol. The second kappa shape index (κ2) is 3.28. The molecule has 0 saturated heterocycles. The number of hydrogen-bond donors (Lipinski definition) is 0. The van der Waals surface area contributed by atoms with E-state index in [0.717, 1.165) is 11.5 Å². The van der Waals surface area contributed by atoms with Crippen LogP contribution < -0.4 is 9.47 Å². The van der Waals surface area contributed by atoms with Crippen molar-refractivity contribution in [1.82, 2.24) is 0 Å². The van der Waals surface area contributed by atoms with Crippen molar-refractivity contribution in [2.45, 2.75) is 7.43 Å². The van der Waals surface area contributed by atoms with E-state index in [-0.39, 0.29) is 7.43 Å². The van der Waals surface area contributed by atoms with E-state index in [1.54, 1.807) is 0 Å². The summed E-state index contributed by atoms with van der Waals surface area (Å²) in [6.07, 6.45) is 0. The molecule has 0 N–H and O–H groups in total. The first kappa shape index (κ1) is 7.92. The van der Waals surface area contributed by atoms with Gasteiger partial charge in [-0.2, -0.15) is 0 Å². The Morgan fingerprint density at radius 2 is 1.36 bits per heavy atom. The lowest BCUT2D eigenvalue weighted by atomic mass is 10.3. The van der Waals surface area contributed by atoms with Gasteiger partial charge in [0.25, 0.3) is 0 Å². The molecule has 1 aromatic rings. The van der Waals surface area contributed by atoms with Crippen molar-refractivity contribution in [2.24, 2.45) is 0 Å². The normalized spacial score (nSPS) is 13.5. The highest BCUT2D eigenvalue weighted by molar-refractivity contribution is 5.40. The maximum Gasteiger partial charge on any atom is 0.161 e. The summed E-state index contributed by atoms with van der Waals surface area (Å²) in [6, 6.07) is 7.70. The van der Waals surface area contributed by atoms with Gasteiger partial charge in [0.15, 0.2) is 11.5 Å². The summed E-state index contributed by atoms with van der Waals surface area (Å²) in [4.78, 5) is 0. The van der Waals surface area contributed by atoms with E-state index in [9.17, 15) is 0 Å². The quantitative estimate of drug-likeness (QED) is 0.566. The molecule has 0 atom stereocenters. The molecule has 1 heterocycles. The van der Waals surface area contributed by atoms with Gasteiger partial charge in [-0.15, -0.1) is 0 Å². The Bertz CT molecular complexity index is 208. The van der Waals surface area contributed by atoms with Crippen LogP contribution in [0.4, 0.5) is 0 Å². The molecule has 60 valence electrons. The van der Waals surface area contributed by atoms with Crippen LogP contribution in [0.25, 0.3) is 0 Å². The number of hydrogen-bond acceptors (Lipinski definition) is 2. The molecule has 0 bridgehead atoms. The number of para-hydroxylation sites is 2. The SMILES string of the molecule is C.c1ccc2c(c1)OCCO2. The zero-order chi connectivity index (χ0) is 6.81. The lowest BCUT2D eigenvalue weighted by Crippen LogP contribution is -2.14.